The maximum Gasteiger partial charge on any atom is 0.269 e. The zero-order valence-corrected chi connectivity index (χ0v) is 20.6. The van der Waals surface area contributed by atoms with Gasteiger partial charge in [0.05, 0.1) is 23.4 Å². The van der Waals surface area contributed by atoms with Crippen molar-refractivity contribution in [3.8, 4) is 11.5 Å². The topological polar surface area (TPSA) is 69.5 Å². The van der Waals surface area contributed by atoms with Gasteiger partial charge in [-0.2, -0.15) is 0 Å². The predicted molar refractivity (Wildman–Crippen MR) is 132 cm³/mol. The van der Waals surface area contributed by atoms with Gasteiger partial charge in [-0.25, -0.2) is 9.37 Å². The SMILES string of the molecule is CC(C)(C)C1(Cc2cc3c(cn2)OCCO3)C[CH]CCN1CCn1c(=O)cnc2cc(F)ccc21. The molecule has 2 aliphatic rings. The molecule has 0 N–H and O–H groups in total. The Morgan fingerprint density at radius 3 is 2.66 bits per heavy atom. The number of hydrogen-bond donors (Lipinski definition) is 0. The molecule has 1 aromatic carbocycles. The fourth-order valence-corrected chi connectivity index (χ4v) is 5.46. The number of fused-ring (bicyclic) bond motifs is 2. The second-order valence-corrected chi connectivity index (χ2v) is 10.4. The van der Waals surface area contributed by atoms with Crippen LogP contribution in [0.3, 0.4) is 0 Å². The molecule has 0 spiro atoms. The number of pyridine rings is 1. The number of nitrogens with zero attached hydrogens (tertiary/aromatic N) is 4. The molecular weight excluding hydrogens is 447 g/mol. The van der Waals surface area contributed by atoms with Gasteiger partial charge in [-0.05, 0) is 43.4 Å². The maximum absolute atomic E-state index is 13.7. The summed E-state index contributed by atoms with van der Waals surface area (Å²) in [5.41, 5.74) is 1.67. The minimum absolute atomic E-state index is 0.0622. The van der Waals surface area contributed by atoms with Gasteiger partial charge in [0.2, 0.25) is 0 Å². The Labute approximate surface area is 204 Å². The van der Waals surface area contributed by atoms with Crippen LogP contribution >= 0.6 is 0 Å². The molecule has 8 heteroatoms. The van der Waals surface area contributed by atoms with Gasteiger partial charge < -0.3 is 14.0 Å². The summed E-state index contributed by atoms with van der Waals surface area (Å²) in [6.07, 6.45) is 8.07. The van der Waals surface area contributed by atoms with Crippen LogP contribution in [0.25, 0.3) is 11.0 Å². The van der Waals surface area contributed by atoms with Crippen LogP contribution in [0, 0.1) is 17.7 Å². The summed E-state index contributed by atoms with van der Waals surface area (Å²) in [5.74, 6) is 1.08. The molecular formula is C27H32FN4O3. The molecule has 7 nitrogen and oxygen atoms in total. The summed E-state index contributed by atoms with van der Waals surface area (Å²) in [7, 11) is 0. The van der Waals surface area contributed by atoms with Crippen LogP contribution < -0.4 is 15.0 Å². The van der Waals surface area contributed by atoms with E-state index < -0.39 is 0 Å². The van der Waals surface area contributed by atoms with Crippen molar-refractivity contribution in [2.45, 2.75) is 52.1 Å². The third kappa shape index (κ3) is 4.51. The summed E-state index contributed by atoms with van der Waals surface area (Å²) >= 11 is 0. The number of ether oxygens (including phenoxy) is 2. The number of hydrogen-bond acceptors (Lipinski definition) is 6. The monoisotopic (exact) mass is 479 g/mol. The molecule has 3 aromatic rings. The van der Waals surface area contributed by atoms with Crippen LogP contribution in [0.1, 0.15) is 39.3 Å². The quantitative estimate of drug-likeness (QED) is 0.550. The highest BCUT2D eigenvalue weighted by Crippen LogP contribution is 2.45. The van der Waals surface area contributed by atoms with Crippen molar-refractivity contribution in [1.82, 2.24) is 19.4 Å². The van der Waals surface area contributed by atoms with Gasteiger partial charge in [-0.3, -0.25) is 14.7 Å². The fourth-order valence-electron chi connectivity index (χ4n) is 5.46. The van der Waals surface area contributed by atoms with E-state index in [0.717, 1.165) is 37.3 Å². The third-order valence-electron chi connectivity index (χ3n) is 7.45. The Morgan fingerprint density at radius 1 is 1.06 bits per heavy atom. The Morgan fingerprint density at radius 2 is 1.86 bits per heavy atom. The van der Waals surface area contributed by atoms with E-state index >= 15 is 0 Å². The average molecular weight is 480 g/mol. The van der Waals surface area contributed by atoms with Crippen molar-refractivity contribution in [3.05, 3.63) is 64.9 Å². The number of rotatable bonds is 5. The molecule has 0 saturated carbocycles. The standard InChI is InChI=1S/C27H32FN4O3/c1-26(2,3)27(16-20-15-23-24(17-29-20)35-13-12-34-23)8-4-5-9-31(27)10-11-32-22-7-6-19(28)14-21(22)30-18-25(32)33/h4,6-7,14-15,17-18H,5,8-13,16H2,1-3H3. The summed E-state index contributed by atoms with van der Waals surface area (Å²) in [5, 5.41) is 0. The van der Waals surface area contributed by atoms with E-state index in [1.165, 1.54) is 18.3 Å². The first-order valence-corrected chi connectivity index (χ1v) is 12.2. The number of piperidine rings is 1. The average Bonchev–Trinajstić information content (AvgIpc) is 2.83. The number of benzene rings is 1. The van der Waals surface area contributed by atoms with Crippen LogP contribution in [-0.4, -0.2) is 51.3 Å². The van der Waals surface area contributed by atoms with Crippen LogP contribution in [0.4, 0.5) is 4.39 Å². The normalized spacial score (nSPS) is 20.8. The summed E-state index contributed by atoms with van der Waals surface area (Å²) < 4.78 is 26.9. The lowest BCUT2D eigenvalue weighted by molar-refractivity contribution is -0.0270. The highest BCUT2D eigenvalue weighted by molar-refractivity contribution is 5.74. The van der Waals surface area contributed by atoms with Gasteiger partial charge in [-0.15, -0.1) is 0 Å². The van der Waals surface area contributed by atoms with Gasteiger partial charge in [0.15, 0.2) is 11.5 Å². The third-order valence-corrected chi connectivity index (χ3v) is 7.45. The van der Waals surface area contributed by atoms with Crippen molar-refractivity contribution >= 4 is 11.0 Å². The molecule has 0 amide bonds. The van der Waals surface area contributed by atoms with E-state index in [-0.39, 0.29) is 22.3 Å². The van der Waals surface area contributed by atoms with Gasteiger partial charge in [0, 0.05) is 42.9 Å². The Bertz CT molecular complexity index is 1290. The van der Waals surface area contributed by atoms with Gasteiger partial charge in [0.25, 0.3) is 5.56 Å². The molecule has 4 heterocycles. The largest absolute Gasteiger partial charge is 0.486 e. The molecule has 1 atom stereocenters. The zero-order valence-electron chi connectivity index (χ0n) is 20.6. The highest BCUT2D eigenvalue weighted by atomic mass is 19.1. The second-order valence-electron chi connectivity index (χ2n) is 10.4. The molecule has 1 saturated heterocycles. The van der Waals surface area contributed by atoms with Crippen LogP contribution in [0.2, 0.25) is 0 Å². The molecule has 2 aromatic heterocycles. The number of likely N-dealkylation sites (tertiary alicyclic amines) is 1. The molecule has 0 aliphatic carbocycles. The molecule has 185 valence electrons. The lowest BCUT2D eigenvalue weighted by Gasteiger charge is -2.55. The van der Waals surface area contributed by atoms with E-state index in [9.17, 15) is 9.18 Å². The van der Waals surface area contributed by atoms with Crippen LogP contribution in [0.15, 0.2) is 41.5 Å². The van der Waals surface area contributed by atoms with Crippen molar-refractivity contribution in [3.63, 3.8) is 0 Å². The summed E-state index contributed by atoms with van der Waals surface area (Å²) in [6, 6.07) is 6.39. The van der Waals surface area contributed by atoms with Crippen molar-refractivity contribution < 1.29 is 13.9 Å². The molecule has 1 radical (unpaired) electrons. The Balaban J connectivity index is 1.46. The predicted octanol–water partition coefficient (Wildman–Crippen LogP) is 4.03. The first-order chi connectivity index (χ1) is 16.8. The molecule has 35 heavy (non-hydrogen) atoms. The minimum atomic E-state index is -0.361. The maximum atomic E-state index is 13.7. The minimum Gasteiger partial charge on any atom is -0.486 e. The van der Waals surface area contributed by atoms with Crippen molar-refractivity contribution in [2.24, 2.45) is 5.41 Å². The first-order valence-electron chi connectivity index (χ1n) is 12.2. The molecule has 0 bridgehead atoms. The summed E-state index contributed by atoms with van der Waals surface area (Å²) in [6.45, 7) is 9.98. The number of aromatic nitrogens is 3. The van der Waals surface area contributed by atoms with Gasteiger partial charge in [0.1, 0.15) is 19.0 Å². The second kappa shape index (κ2) is 9.22. The van der Waals surface area contributed by atoms with E-state index in [1.54, 1.807) is 16.8 Å². The Kier molecular flexibility index (Phi) is 6.25. The van der Waals surface area contributed by atoms with E-state index in [2.05, 4.69) is 37.1 Å². The lowest BCUT2D eigenvalue weighted by Crippen LogP contribution is -2.61. The molecule has 2 aliphatic heterocycles. The number of halogens is 1. The Hall–Kier alpha value is -3.00. The van der Waals surface area contributed by atoms with E-state index in [1.807, 2.05) is 6.07 Å². The molecule has 5 rings (SSSR count). The lowest BCUT2D eigenvalue weighted by atomic mass is 9.65. The fraction of sp³-hybridized carbons (Fsp3) is 0.481. The van der Waals surface area contributed by atoms with Gasteiger partial charge in [-0.1, -0.05) is 20.8 Å². The highest BCUT2D eigenvalue weighted by Gasteiger charge is 2.48. The molecule has 1 fully saturated rings. The van der Waals surface area contributed by atoms with Gasteiger partial charge >= 0.3 is 0 Å². The first kappa shape index (κ1) is 23.7. The summed E-state index contributed by atoms with van der Waals surface area (Å²) in [4.78, 5) is 24.1. The van der Waals surface area contributed by atoms with Crippen molar-refractivity contribution in [1.29, 1.82) is 0 Å². The van der Waals surface area contributed by atoms with E-state index in [4.69, 9.17) is 14.5 Å². The van der Waals surface area contributed by atoms with E-state index in [0.29, 0.717) is 43.1 Å². The van der Waals surface area contributed by atoms with Crippen LogP contribution in [-0.2, 0) is 13.0 Å². The van der Waals surface area contributed by atoms with Crippen molar-refractivity contribution in [2.75, 3.05) is 26.3 Å². The molecule has 1 unspecified atom stereocenters. The van der Waals surface area contributed by atoms with Crippen LogP contribution in [0.5, 0.6) is 11.5 Å². The smallest absolute Gasteiger partial charge is 0.269 e. The zero-order chi connectivity index (χ0) is 24.6.